The normalized spacial score (nSPS) is 40.5. The zero-order chi connectivity index (χ0) is 14.6. The molecule has 0 amide bonds. The molecule has 0 bridgehead atoms. The van der Waals surface area contributed by atoms with Crippen molar-refractivity contribution in [1.82, 2.24) is 0 Å². The fraction of sp³-hybridized carbons (Fsp3) is 1.00. The zero-order valence-corrected chi connectivity index (χ0v) is 16.5. The van der Waals surface area contributed by atoms with Crippen molar-refractivity contribution in [2.45, 2.75) is 82.9 Å². The lowest BCUT2D eigenvalue weighted by molar-refractivity contribution is 0.0898. The Morgan fingerprint density at radius 2 is 1.55 bits per heavy atom. The summed E-state index contributed by atoms with van der Waals surface area (Å²) >= 11 is 7.68. The van der Waals surface area contributed by atoms with Gasteiger partial charge in [-0.15, -0.1) is 0 Å². The van der Waals surface area contributed by atoms with Gasteiger partial charge in [0.1, 0.15) is 0 Å². The smallest absolute Gasteiger partial charge is 0.0299 e. The van der Waals surface area contributed by atoms with Crippen molar-refractivity contribution in [3.05, 3.63) is 0 Å². The summed E-state index contributed by atoms with van der Waals surface area (Å²) < 4.78 is 0. The van der Waals surface area contributed by atoms with Crippen LogP contribution in [0.5, 0.6) is 0 Å². The predicted molar refractivity (Wildman–Crippen MR) is 96.9 cm³/mol. The predicted octanol–water partition coefficient (Wildman–Crippen LogP) is 6.95. The topological polar surface area (TPSA) is 0 Å². The van der Waals surface area contributed by atoms with E-state index in [1.165, 1.54) is 64.2 Å². The van der Waals surface area contributed by atoms with Gasteiger partial charge in [0.2, 0.25) is 0 Å². The van der Waals surface area contributed by atoms with Gasteiger partial charge in [-0.1, -0.05) is 65.0 Å². The summed E-state index contributed by atoms with van der Waals surface area (Å²) in [5.41, 5.74) is 0.580. The minimum absolute atomic E-state index is 0.580. The summed E-state index contributed by atoms with van der Waals surface area (Å²) in [4.78, 5) is 0.669. The monoisotopic (exact) mass is 406 g/mol. The van der Waals surface area contributed by atoms with E-state index in [2.05, 4.69) is 45.7 Å². The second-order valence-electron chi connectivity index (χ2n) is 7.59. The lowest BCUT2D eigenvalue weighted by Crippen LogP contribution is -2.38. The molecule has 2 rings (SSSR count). The molecule has 2 heteroatoms. The summed E-state index contributed by atoms with van der Waals surface area (Å²) in [5.74, 6) is 3.10. The third-order valence-electron chi connectivity index (χ3n) is 6.30. The summed E-state index contributed by atoms with van der Waals surface area (Å²) in [6, 6.07) is 0. The number of alkyl halides is 2. The summed E-state index contributed by atoms with van der Waals surface area (Å²) in [6.07, 6.45) is 14.7. The van der Waals surface area contributed by atoms with E-state index >= 15 is 0 Å². The van der Waals surface area contributed by atoms with E-state index in [0.29, 0.717) is 10.2 Å². The highest BCUT2D eigenvalue weighted by atomic mass is 79.9. The molecule has 20 heavy (non-hydrogen) atoms. The maximum absolute atomic E-state index is 3.97. The van der Waals surface area contributed by atoms with Gasteiger partial charge >= 0.3 is 0 Å². The zero-order valence-electron chi connectivity index (χ0n) is 13.3. The van der Waals surface area contributed by atoms with Crippen LogP contribution in [0.15, 0.2) is 0 Å². The number of halogens is 2. The van der Waals surface area contributed by atoms with Crippen LogP contribution < -0.4 is 0 Å². The van der Waals surface area contributed by atoms with Crippen LogP contribution in [0, 0.1) is 23.2 Å². The molecule has 0 saturated heterocycles. The van der Waals surface area contributed by atoms with Gasteiger partial charge in [-0.05, 0) is 68.1 Å². The molecule has 118 valence electrons. The summed E-state index contributed by atoms with van der Waals surface area (Å²) in [6.45, 7) is 4.79. The third-order valence-corrected chi connectivity index (χ3v) is 9.11. The molecule has 0 aromatic rings. The Morgan fingerprint density at radius 1 is 1.00 bits per heavy atom. The lowest BCUT2D eigenvalue weighted by atomic mass is 9.62. The molecular formula is C18H32Br2. The summed E-state index contributed by atoms with van der Waals surface area (Å²) in [5, 5.41) is 1.11. The van der Waals surface area contributed by atoms with Crippen LogP contribution in [-0.4, -0.2) is 10.2 Å². The van der Waals surface area contributed by atoms with E-state index in [1.807, 2.05) is 0 Å². The molecule has 0 aliphatic heterocycles. The van der Waals surface area contributed by atoms with E-state index in [-0.39, 0.29) is 0 Å². The van der Waals surface area contributed by atoms with Gasteiger partial charge in [0.05, 0.1) is 0 Å². The molecule has 1 unspecified atom stereocenters. The SMILES string of the molecule is CCCC1(C(Br)CBr)CCC(C2CCC(C)CC2)CC1. The Morgan fingerprint density at radius 3 is 2.05 bits per heavy atom. The maximum atomic E-state index is 3.97. The second-order valence-corrected chi connectivity index (χ2v) is 9.34. The van der Waals surface area contributed by atoms with E-state index in [9.17, 15) is 0 Å². The van der Waals surface area contributed by atoms with Crippen molar-refractivity contribution in [3.8, 4) is 0 Å². The van der Waals surface area contributed by atoms with Gasteiger partial charge in [0.25, 0.3) is 0 Å². The number of rotatable bonds is 5. The largest absolute Gasteiger partial charge is 0.0916 e. The van der Waals surface area contributed by atoms with Crippen LogP contribution in [0.3, 0.4) is 0 Å². The molecular weight excluding hydrogens is 376 g/mol. The minimum Gasteiger partial charge on any atom is -0.0916 e. The molecule has 2 saturated carbocycles. The maximum Gasteiger partial charge on any atom is 0.0299 e. The van der Waals surface area contributed by atoms with Gasteiger partial charge < -0.3 is 0 Å². The first-order valence-corrected chi connectivity index (χ1v) is 10.8. The van der Waals surface area contributed by atoms with Crippen LogP contribution in [-0.2, 0) is 0 Å². The fourth-order valence-electron chi connectivity index (χ4n) is 4.83. The van der Waals surface area contributed by atoms with Gasteiger partial charge in [0, 0.05) is 10.2 Å². The van der Waals surface area contributed by atoms with Crippen LogP contribution >= 0.6 is 31.9 Å². The third kappa shape index (κ3) is 4.03. The summed E-state index contributed by atoms with van der Waals surface area (Å²) in [7, 11) is 0. The van der Waals surface area contributed by atoms with E-state index in [0.717, 1.165) is 23.1 Å². The van der Waals surface area contributed by atoms with Crippen LogP contribution in [0.2, 0.25) is 0 Å². The highest BCUT2D eigenvalue weighted by molar-refractivity contribution is 9.12. The van der Waals surface area contributed by atoms with Crippen LogP contribution in [0.25, 0.3) is 0 Å². The van der Waals surface area contributed by atoms with Crippen LogP contribution in [0.4, 0.5) is 0 Å². The molecule has 0 aromatic heterocycles. The van der Waals surface area contributed by atoms with Gasteiger partial charge in [-0.2, -0.15) is 0 Å². The Labute approximate surface area is 143 Å². The first-order chi connectivity index (χ1) is 9.61. The fourth-order valence-corrected chi connectivity index (χ4v) is 6.20. The average molecular weight is 408 g/mol. The highest BCUT2D eigenvalue weighted by Gasteiger charge is 2.41. The quantitative estimate of drug-likeness (QED) is 0.432. The molecule has 0 radical (unpaired) electrons. The second kappa shape index (κ2) is 7.99. The van der Waals surface area contributed by atoms with Crippen LogP contribution in [0.1, 0.15) is 78.1 Å². The van der Waals surface area contributed by atoms with Gasteiger partial charge in [-0.25, -0.2) is 0 Å². The molecule has 0 heterocycles. The average Bonchev–Trinajstić information content (AvgIpc) is 2.48. The van der Waals surface area contributed by atoms with Crippen molar-refractivity contribution >= 4 is 31.9 Å². The molecule has 0 spiro atoms. The minimum atomic E-state index is 0.580. The van der Waals surface area contributed by atoms with Crippen molar-refractivity contribution in [2.24, 2.45) is 23.2 Å². The van der Waals surface area contributed by atoms with E-state index in [1.54, 1.807) is 0 Å². The Hall–Kier alpha value is 0.960. The van der Waals surface area contributed by atoms with Crippen molar-refractivity contribution in [2.75, 3.05) is 5.33 Å². The van der Waals surface area contributed by atoms with Gasteiger partial charge in [0.15, 0.2) is 0 Å². The molecule has 2 fully saturated rings. The van der Waals surface area contributed by atoms with E-state index < -0.39 is 0 Å². The first-order valence-electron chi connectivity index (χ1n) is 8.81. The van der Waals surface area contributed by atoms with Crippen molar-refractivity contribution in [1.29, 1.82) is 0 Å². The Kier molecular flexibility index (Phi) is 6.92. The number of hydrogen-bond acceptors (Lipinski definition) is 0. The molecule has 2 aliphatic carbocycles. The standard InChI is InChI=1S/C18H32Br2/c1-3-10-18(17(20)13-19)11-8-16(9-12-18)15-6-4-14(2)5-7-15/h14-17H,3-13H2,1-2H3. The molecule has 0 nitrogen and oxygen atoms in total. The van der Waals surface area contributed by atoms with Gasteiger partial charge in [-0.3, -0.25) is 0 Å². The highest BCUT2D eigenvalue weighted by Crippen LogP contribution is 2.51. The van der Waals surface area contributed by atoms with E-state index in [4.69, 9.17) is 0 Å². The Bertz CT molecular complexity index is 273. The van der Waals surface area contributed by atoms with Crippen molar-refractivity contribution < 1.29 is 0 Å². The molecule has 2 aliphatic rings. The first kappa shape index (κ1) is 17.3. The molecule has 1 atom stereocenters. The Balaban J connectivity index is 1.89. The number of hydrogen-bond donors (Lipinski definition) is 0. The molecule has 0 N–H and O–H groups in total. The lowest BCUT2D eigenvalue weighted by Gasteiger charge is -2.46. The van der Waals surface area contributed by atoms with Crippen molar-refractivity contribution in [3.63, 3.8) is 0 Å². The molecule has 0 aromatic carbocycles.